The van der Waals surface area contributed by atoms with Crippen LogP contribution < -0.4 is 11.2 Å². The Morgan fingerprint density at radius 2 is 1.08 bits per heavy atom. The second-order valence-corrected chi connectivity index (χ2v) is 20.3. The molecule has 77 heavy (non-hydrogen) atoms. The van der Waals surface area contributed by atoms with Crippen molar-refractivity contribution in [2.45, 2.75) is 38.9 Å². The molecule has 0 radical (unpaired) electrons. The number of carboxylic acids is 1. The maximum absolute atomic E-state index is 15.1. The number of carbonyl (C=O) groups is 1. The van der Waals surface area contributed by atoms with Crippen molar-refractivity contribution in [2.75, 3.05) is 5.73 Å². The van der Waals surface area contributed by atoms with E-state index in [0.717, 1.165) is 16.9 Å². The Balaban J connectivity index is 0.000000140. The number of carboxylic acid groups (broad SMARTS) is 1. The van der Waals surface area contributed by atoms with Crippen molar-refractivity contribution in [3.05, 3.63) is 192 Å². The van der Waals surface area contributed by atoms with Crippen LogP contribution in [0.3, 0.4) is 0 Å². The van der Waals surface area contributed by atoms with E-state index in [1.54, 1.807) is 54.6 Å². The molecule has 0 spiro atoms. The van der Waals surface area contributed by atoms with E-state index in [2.05, 4.69) is 40.8 Å². The summed E-state index contributed by atoms with van der Waals surface area (Å²) in [5.74, 6) is -5.12. The summed E-state index contributed by atoms with van der Waals surface area (Å²) >= 11 is 32.8. The standard InChI is InChI=1S/C17H6Cl3F2N3.C16H17BClFO2.C15H9ClF2N2.C6H3BrFNO2/c18-12-10(21)5-4-7-2-1-3-8(11(7)12)14-13(22)15-9(6-23-14)16(19)25-17(20)24-15;1-15(2)16(3,4)21-17(20-15)11-7-5-6-10-8-9-12(19)14(18)13(10)11;16-13-10(17)5-4-8-2-1-3-9(12(8)13)15-14(18)11(19)6-7-20-15;7-5-4(8)3(6(10)11)1-2-9-5/h1-6H;5-9H,1-4H3;1-7H,(H2,19,20);1-2H,(H,10,11). The molecular weight excluding hydrogens is 1180 g/mol. The largest absolute Gasteiger partial charge is 0.495 e. The molecule has 0 bridgehead atoms. The molecule has 0 unspecified atom stereocenters. The van der Waals surface area contributed by atoms with Gasteiger partial charge in [0.05, 0.1) is 42.9 Å². The first kappa shape index (κ1) is 56.8. The number of hydrogen-bond donors (Lipinski definition) is 2. The first-order chi connectivity index (χ1) is 36.4. The summed E-state index contributed by atoms with van der Waals surface area (Å²) in [5.41, 5.74) is 5.73. The molecule has 0 aliphatic carbocycles. The lowest BCUT2D eigenvalue weighted by atomic mass is 9.76. The first-order valence-electron chi connectivity index (χ1n) is 22.5. The minimum absolute atomic E-state index is 0.00468. The topological polar surface area (TPSA) is 146 Å². The fourth-order valence-electron chi connectivity index (χ4n) is 7.93. The Morgan fingerprint density at radius 3 is 1.60 bits per heavy atom. The van der Waals surface area contributed by atoms with Gasteiger partial charge in [-0.3, -0.25) is 9.97 Å². The van der Waals surface area contributed by atoms with Crippen LogP contribution in [0.15, 0.2) is 126 Å². The molecule has 1 saturated heterocycles. The highest BCUT2D eigenvalue weighted by Crippen LogP contribution is 2.40. The highest BCUT2D eigenvalue weighted by atomic mass is 79.9. The molecule has 5 heterocycles. The summed E-state index contributed by atoms with van der Waals surface area (Å²) < 4.78 is 95.3. The summed E-state index contributed by atoms with van der Waals surface area (Å²) in [5, 5.41) is 12.1. The highest BCUT2D eigenvalue weighted by molar-refractivity contribution is 9.10. The maximum atomic E-state index is 15.1. The van der Waals surface area contributed by atoms with Crippen molar-refractivity contribution in [1.82, 2.24) is 24.9 Å². The summed E-state index contributed by atoms with van der Waals surface area (Å²) in [6, 6.07) is 27.1. The van der Waals surface area contributed by atoms with Crippen LogP contribution in [0, 0.1) is 34.9 Å². The van der Waals surface area contributed by atoms with Gasteiger partial charge in [0.2, 0.25) is 5.28 Å². The Labute approximate surface area is 468 Å². The van der Waals surface area contributed by atoms with Crippen molar-refractivity contribution in [1.29, 1.82) is 0 Å². The first-order valence-corrected chi connectivity index (χ1v) is 25.2. The van der Waals surface area contributed by atoms with Gasteiger partial charge in [-0.15, -0.1) is 0 Å². The van der Waals surface area contributed by atoms with Gasteiger partial charge >= 0.3 is 13.1 Å². The zero-order valence-electron chi connectivity index (χ0n) is 40.1. The van der Waals surface area contributed by atoms with Gasteiger partial charge in [0.25, 0.3) is 0 Å². The lowest BCUT2D eigenvalue weighted by Gasteiger charge is -2.32. The normalized spacial score (nSPS) is 13.4. The van der Waals surface area contributed by atoms with Crippen molar-refractivity contribution in [2.24, 2.45) is 0 Å². The lowest BCUT2D eigenvalue weighted by Crippen LogP contribution is -2.41. The Kier molecular flexibility index (Phi) is 16.9. The number of nitrogen functional groups attached to an aromatic ring is 1. The molecule has 23 heteroatoms. The van der Waals surface area contributed by atoms with Gasteiger partial charge in [-0.05, 0) is 107 Å². The van der Waals surface area contributed by atoms with E-state index < -0.39 is 59.2 Å². The van der Waals surface area contributed by atoms with Crippen LogP contribution in [0.4, 0.5) is 32.0 Å². The number of anilines is 1. The van der Waals surface area contributed by atoms with Crippen molar-refractivity contribution < 1.29 is 45.6 Å². The number of benzene rings is 6. The number of hydrogen-bond acceptors (Lipinski definition) is 9. The second kappa shape index (κ2) is 22.9. The molecule has 4 aromatic heterocycles. The summed E-state index contributed by atoms with van der Waals surface area (Å²) in [6.45, 7) is 7.95. The average molecular weight is 1210 g/mol. The zero-order valence-corrected chi connectivity index (χ0v) is 45.5. The van der Waals surface area contributed by atoms with Crippen LogP contribution in [-0.4, -0.2) is 54.3 Å². The second-order valence-electron chi connectivity index (χ2n) is 17.7. The minimum atomic E-state index is -1.30. The quantitative estimate of drug-likeness (QED) is 0.0574. The van der Waals surface area contributed by atoms with E-state index in [1.165, 1.54) is 42.9 Å². The molecule has 392 valence electrons. The number of pyridine rings is 3. The van der Waals surface area contributed by atoms with E-state index in [9.17, 15) is 26.7 Å². The van der Waals surface area contributed by atoms with E-state index in [0.29, 0.717) is 38.1 Å². The van der Waals surface area contributed by atoms with Crippen molar-refractivity contribution >= 4 is 141 Å². The number of halogens is 12. The third kappa shape index (κ3) is 11.5. The SMILES string of the molecule is CC1(C)OB(c2cccc3ccc(F)c(Cl)c23)OC1(C)C.Fc1ccc2cccc(-c3ncc4c(Cl)nc(Cl)nc4c3F)c2c1Cl.Nc1ccnc(-c2cccc3ccc(F)c(Cl)c23)c1F.O=C(O)c1ccnc(Br)c1F. The van der Waals surface area contributed by atoms with E-state index in [1.807, 2.05) is 45.9 Å². The number of aromatic carboxylic acids is 1. The van der Waals surface area contributed by atoms with Gasteiger partial charge in [-0.2, -0.15) is 0 Å². The minimum Gasteiger partial charge on any atom is -0.478 e. The van der Waals surface area contributed by atoms with Gasteiger partial charge in [0, 0.05) is 45.9 Å². The van der Waals surface area contributed by atoms with Crippen LogP contribution in [0.25, 0.3) is 65.7 Å². The van der Waals surface area contributed by atoms with E-state index >= 15 is 4.39 Å². The van der Waals surface area contributed by atoms with Gasteiger partial charge in [0.15, 0.2) is 17.5 Å². The van der Waals surface area contributed by atoms with Crippen LogP contribution in [0.2, 0.25) is 25.5 Å². The molecule has 0 saturated carbocycles. The molecule has 1 aliphatic heterocycles. The average Bonchev–Trinajstić information content (AvgIpc) is 3.62. The predicted octanol–water partition coefficient (Wildman–Crippen LogP) is 16.1. The molecule has 3 N–H and O–H groups in total. The number of fused-ring (bicyclic) bond motifs is 4. The molecular formula is C54H35BBrCl5F6N6O4. The smallest absolute Gasteiger partial charge is 0.478 e. The fraction of sp³-hybridized carbons (Fsp3) is 0.111. The third-order valence-corrected chi connectivity index (χ3v) is 14.6. The van der Waals surface area contributed by atoms with E-state index in [-0.39, 0.29) is 63.6 Å². The lowest BCUT2D eigenvalue weighted by molar-refractivity contribution is 0.00578. The molecule has 1 aliphatic rings. The van der Waals surface area contributed by atoms with Crippen LogP contribution in [-0.2, 0) is 9.31 Å². The van der Waals surface area contributed by atoms with Crippen molar-refractivity contribution in [3.63, 3.8) is 0 Å². The number of nitrogens with two attached hydrogens (primary N) is 1. The van der Waals surface area contributed by atoms with Gasteiger partial charge in [-0.1, -0.05) is 119 Å². The summed E-state index contributed by atoms with van der Waals surface area (Å²) in [4.78, 5) is 29.6. The van der Waals surface area contributed by atoms with Gasteiger partial charge in [0.1, 0.15) is 44.1 Å². The molecule has 0 atom stereocenters. The summed E-state index contributed by atoms with van der Waals surface area (Å²) in [6.07, 6.45) is 3.97. The van der Waals surface area contributed by atoms with Crippen LogP contribution in [0.5, 0.6) is 0 Å². The van der Waals surface area contributed by atoms with E-state index in [4.69, 9.17) is 78.2 Å². The van der Waals surface area contributed by atoms with Crippen molar-refractivity contribution in [3.8, 4) is 22.5 Å². The summed E-state index contributed by atoms with van der Waals surface area (Å²) in [7, 11) is -0.557. The predicted molar refractivity (Wildman–Crippen MR) is 295 cm³/mol. The molecule has 11 rings (SSSR count). The fourth-order valence-corrected chi connectivity index (χ4v) is 9.52. The van der Waals surface area contributed by atoms with Crippen LogP contribution >= 0.6 is 73.9 Å². The Hall–Kier alpha value is -6.35. The van der Waals surface area contributed by atoms with Crippen LogP contribution in [0.1, 0.15) is 38.1 Å². The van der Waals surface area contributed by atoms with Gasteiger partial charge in [-0.25, -0.2) is 46.1 Å². The Bertz CT molecular complexity index is 3970. The Morgan fingerprint density at radius 1 is 0.597 bits per heavy atom. The zero-order chi connectivity index (χ0) is 55.8. The number of nitrogens with zero attached hydrogens (tertiary/aromatic N) is 5. The number of aromatic nitrogens is 5. The molecule has 10 aromatic rings. The third-order valence-electron chi connectivity index (χ3n) is 12.5. The van der Waals surface area contributed by atoms with Gasteiger partial charge < -0.3 is 20.1 Å². The molecule has 1 fully saturated rings. The molecule has 0 amide bonds. The molecule has 6 aromatic carbocycles. The maximum Gasteiger partial charge on any atom is 0.495 e. The molecule has 10 nitrogen and oxygen atoms in total. The monoisotopic (exact) mass is 1210 g/mol. The number of rotatable bonds is 4. The highest BCUT2D eigenvalue weighted by Gasteiger charge is 2.52.